The summed E-state index contributed by atoms with van der Waals surface area (Å²) in [5.74, 6) is -2.53. The lowest BCUT2D eigenvalue weighted by atomic mass is 9.80. The topological polar surface area (TPSA) is 149 Å². The lowest BCUT2D eigenvalue weighted by Gasteiger charge is -2.45. The summed E-state index contributed by atoms with van der Waals surface area (Å²) in [5, 5.41) is 13.6. The molecule has 1 amide bonds. The molecule has 0 unspecified atom stereocenters. The molecule has 188 valence electrons. The molecule has 4 atom stereocenters. The summed E-state index contributed by atoms with van der Waals surface area (Å²) in [7, 11) is 0. The zero-order valence-electron chi connectivity index (χ0n) is 19.5. The number of pyridine rings is 1. The van der Waals surface area contributed by atoms with Gasteiger partial charge in [0.2, 0.25) is 0 Å². The van der Waals surface area contributed by atoms with E-state index in [1.807, 2.05) is 0 Å². The smallest absolute Gasteiger partial charge is 0.276 e. The highest BCUT2D eigenvalue weighted by molar-refractivity contribution is 6.06. The van der Waals surface area contributed by atoms with E-state index in [4.69, 9.17) is 16.2 Å². The molecule has 0 spiro atoms. The number of carbonyl (C=O) groups is 1. The van der Waals surface area contributed by atoms with Crippen LogP contribution in [0.5, 0.6) is 0 Å². The van der Waals surface area contributed by atoms with Crippen LogP contribution in [0.2, 0.25) is 0 Å². The number of nitrogens with zero attached hydrogens (tertiary/aromatic N) is 3. The maximum Gasteiger partial charge on any atom is 0.276 e. The van der Waals surface area contributed by atoms with Crippen molar-refractivity contribution in [2.24, 2.45) is 11.7 Å². The Bertz CT molecular complexity index is 1300. The van der Waals surface area contributed by atoms with Gasteiger partial charge in [-0.1, -0.05) is 6.07 Å². The molecule has 2 fully saturated rings. The Kier molecular flexibility index (Phi) is 6.15. The van der Waals surface area contributed by atoms with Crippen molar-refractivity contribution in [3.05, 3.63) is 65.7 Å². The molecule has 3 heterocycles. The molecule has 9 nitrogen and oxygen atoms in total. The van der Waals surface area contributed by atoms with E-state index in [2.05, 4.69) is 20.3 Å². The molecule has 1 aliphatic carbocycles. The summed E-state index contributed by atoms with van der Waals surface area (Å²) < 4.78 is 34.8. The molecule has 1 aliphatic heterocycles. The third-order valence-electron chi connectivity index (χ3n) is 6.82. The Morgan fingerprint density at radius 1 is 1.22 bits per heavy atom. The minimum Gasteiger partial charge on any atom is -0.396 e. The van der Waals surface area contributed by atoms with Crippen LogP contribution in [0.15, 0.2) is 42.9 Å². The van der Waals surface area contributed by atoms with Crippen LogP contribution in [0.25, 0.3) is 11.4 Å². The van der Waals surface area contributed by atoms with Crippen LogP contribution in [-0.4, -0.2) is 43.7 Å². The van der Waals surface area contributed by atoms with E-state index in [0.717, 1.165) is 31.2 Å². The van der Waals surface area contributed by atoms with Crippen molar-refractivity contribution >= 4 is 17.3 Å². The molecule has 1 saturated carbocycles. The first-order valence-corrected chi connectivity index (χ1v) is 11.6. The molecule has 6 N–H and O–H groups in total. The Morgan fingerprint density at radius 2 is 1.94 bits per heavy atom. The molecule has 1 saturated heterocycles. The van der Waals surface area contributed by atoms with Gasteiger partial charge in [0, 0.05) is 17.8 Å². The second kappa shape index (κ2) is 9.16. The average Bonchev–Trinajstić information content (AvgIpc) is 3.67. The van der Waals surface area contributed by atoms with Crippen LogP contribution in [0.3, 0.4) is 0 Å². The second-order valence-electron chi connectivity index (χ2n) is 9.46. The summed E-state index contributed by atoms with van der Waals surface area (Å²) in [6.07, 6.45) is 5.46. The number of anilines is 2. The summed E-state index contributed by atoms with van der Waals surface area (Å²) in [4.78, 5) is 25.2. The quantitative estimate of drug-likeness (QED) is 0.421. The van der Waals surface area contributed by atoms with E-state index in [-0.39, 0.29) is 23.1 Å². The number of ether oxygens (including phenoxy) is 1. The highest BCUT2D eigenvalue weighted by atomic mass is 19.1. The van der Waals surface area contributed by atoms with Crippen LogP contribution < -0.4 is 16.8 Å². The van der Waals surface area contributed by atoms with Gasteiger partial charge >= 0.3 is 0 Å². The number of nitrogens with one attached hydrogen (secondary N) is 1. The van der Waals surface area contributed by atoms with Crippen molar-refractivity contribution in [3.63, 3.8) is 0 Å². The second-order valence-corrected chi connectivity index (χ2v) is 9.46. The first kappa shape index (κ1) is 24.2. The standard InChI is InChI=1S/C25H26F2N6O3/c1-25(35)19(29)9-18(36-22(25)12-5-6-12)13-7-8-30-11-17(13)32-24(34)21-16(28)10-31-23(33-21)20-14(26)3-2-4-15(20)27/h2-4,7-8,10-12,18-19,22,35H,5-6,9,28-29H2,1H3,(H,32,34)/t18-,19-,22-,25+/m1/s1. The van der Waals surface area contributed by atoms with Gasteiger partial charge < -0.3 is 26.6 Å². The van der Waals surface area contributed by atoms with Gasteiger partial charge in [0.15, 0.2) is 11.5 Å². The van der Waals surface area contributed by atoms with Gasteiger partial charge in [-0.15, -0.1) is 0 Å². The Hall–Kier alpha value is -3.54. The van der Waals surface area contributed by atoms with Crippen LogP contribution in [0.4, 0.5) is 20.2 Å². The van der Waals surface area contributed by atoms with Crippen LogP contribution >= 0.6 is 0 Å². The Labute approximate surface area is 205 Å². The molecule has 0 radical (unpaired) electrons. The maximum atomic E-state index is 14.3. The number of benzene rings is 1. The van der Waals surface area contributed by atoms with Crippen molar-refractivity contribution in [1.29, 1.82) is 0 Å². The molecule has 5 rings (SSSR count). The lowest BCUT2D eigenvalue weighted by Crippen LogP contribution is -2.60. The number of carbonyl (C=O) groups excluding carboxylic acids is 1. The fourth-order valence-electron chi connectivity index (χ4n) is 4.61. The first-order valence-electron chi connectivity index (χ1n) is 11.6. The lowest BCUT2D eigenvalue weighted by molar-refractivity contribution is -0.186. The highest BCUT2D eigenvalue weighted by Gasteiger charge is 2.52. The van der Waals surface area contributed by atoms with Gasteiger partial charge in [-0.3, -0.25) is 9.78 Å². The number of rotatable bonds is 5. The van der Waals surface area contributed by atoms with E-state index in [0.29, 0.717) is 17.7 Å². The van der Waals surface area contributed by atoms with Crippen LogP contribution in [0, 0.1) is 17.6 Å². The summed E-state index contributed by atoms with van der Waals surface area (Å²) in [5.41, 5.74) is 11.3. The van der Waals surface area contributed by atoms with Gasteiger partial charge in [-0.2, -0.15) is 0 Å². The molecule has 2 aromatic heterocycles. The number of hydrogen-bond donors (Lipinski definition) is 4. The molecule has 0 bridgehead atoms. The molecular weight excluding hydrogens is 470 g/mol. The molecule has 1 aromatic carbocycles. The SMILES string of the molecule is C[C@]1(O)[C@H](N)C[C@H](c2ccncc2NC(=O)c2nc(-c3c(F)cccc3F)ncc2N)O[C@@H]1C1CC1. The third-order valence-corrected chi connectivity index (χ3v) is 6.82. The molecule has 3 aromatic rings. The minimum atomic E-state index is -1.16. The fourth-order valence-corrected chi connectivity index (χ4v) is 4.61. The van der Waals surface area contributed by atoms with Crippen LogP contribution in [0.1, 0.15) is 48.3 Å². The Morgan fingerprint density at radius 3 is 2.64 bits per heavy atom. The van der Waals surface area contributed by atoms with E-state index in [1.165, 1.54) is 12.3 Å². The van der Waals surface area contributed by atoms with Gasteiger partial charge in [-0.05, 0) is 50.3 Å². The first-order chi connectivity index (χ1) is 17.2. The van der Waals surface area contributed by atoms with Gasteiger partial charge in [0.25, 0.3) is 5.91 Å². The number of halogens is 2. The largest absolute Gasteiger partial charge is 0.396 e. The zero-order valence-corrected chi connectivity index (χ0v) is 19.5. The third kappa shape index (κ3) is 4.41. The minimum absolute atomic E-state index is 0.0702. The van der Waals surface area contributed by atoms with Gasteiger partial charge in [0.1, 0.15) is 17.2 Å². The number of nitrogens with two attached hydrogens (primary N) is 2. The molecular formula is C25H26F2N6O3. The molecule has 2 aliphatic rings. The number of amides is 1. The Balaban J connectivity index is 1.43. The fraction of sp³-hybridized carbons (Fsp3) is 0.360. The summed E-state index contributed by atoms with van der Waals surface area (Å²) in [6, 6.07) is 4.53. The molecule has 36 heavy (non-hydrogen) atoms. The molecule has 11 heteroatoms. The zero-order chi connectivity index (χ0) is 25.6. The predicted molar refractivity (Wildman–Crippen MR) is 128 cm³/mol. The van der Waals surface area contributed by atoms with Crippen molar-refractivity contribution < 1.29 is 23.4 Å². The monoisotopic (exact) mass is 496 g/mol. The number of hydrogen-bond acceptors (Lipinski definition) is 8. The number of aromatic nitrogens is 3. The van der Waals surface area contributed by atoms with Gasteiger partial charge in [-0.25, -0.2) is 18.7 Å². The predicted octanol–water partition coefficient (Wildman–Crippen LogP) is 2.97. The van der Waals surface area contributed by atoms with E-state index in [1.54, 1.807) is 19.2 Å². The number of aliphatic hydroxyl groups is 1. The average molecular weight is 497 g/mol. The summed E-state index contributed by atoms with van der Waals surface area (Å²) >= 11 is 0. The van der Waals surface area contributed by atoms with E-state index in [9.17, 15) is 18.7 Å². The summed E-state index contributed by atoms with van der Waals surface area (Å²) in [6.45, 7) is 1.69. The normalized spacial score (nSPS) is 26.0. The number of nitrogen functional groups attached to an aromatic ring is 1. The maximum absolute atomic E-state index is 14.3. The van der Waals surface area contributed by atoms with E-state index >= 15 is 0 Å². The van der Waals surface area contributed by atoms with Crippen molar-refractivity contribution in [2.45, 2.75) is 50.0 Å². The van der Waals surface area contributed by atoms with E-state index < -0.39 is 47.0 Å². The van der Waals surface area contributed by atoms with Crippen molar-refractivity contribution in [3.8, 4) is 11.4 Å². The highest BCUT2D eigenvalue weighted by Crippen LogP contribution is 2.47. The van der Waals surface area contributed by atoms with Gasteiger partial charge in [0.05, 0.1) is 41.5 Å². The van der Waals surface area contributed by atoms with Crippen molar-refractivity contribution in [1.82, 2.24) is 15.0 Å². The van der Waals surface area contributed by atoms with Crippen molar-refractivity contribution in [2.75, 3.05) is 11.1 Å². The van der Waals surface area contributed by atoms with Crippen LogP contribution in [-0.2, 0) is 4.74 Å².